The van der Waals surface area contributed by atoms with Crippen molar-refractivity contribution in [1.29, 1.82) is 0 Å². The van der Waals surface area contributed by atoms with E-state index < -0.39 is 0 Å². The molecule has 0 N–H and O–H groups in total. The molecule has 2 nitrogen and oxygen atoms in total. The van der Waals surface area contributed by atoms with E-state index in [4.69, 9.17) is 4.84 Å². The quantitative estimate of drug-likeness (QED) is 0.736. The van der Waals surface area contributed by atoms with Gasteiger partial charge in [0.05, 0.1) is 5.52 Å². The van der Waals surface area contributed by atoms with Gasteiger partial charge in [-0.1, -0.05) is 25.1 Å². The van der Waals surface area contributed by atoms with Crippen molar-refractivity contribution in [3.63, 3.8) is 0 Å². The average Bonchev–Trinajstić information content (AvgIpc) is 2.64. The van der Waals surface area contributed by atoms with Crippen LogP contribution in [0, 0.1) is 0 Å². The minimum atomic E-state index is 0.756. The van der Waals surface area contributed by atoms with Crippen molar-refractivity contribution >= 4 is 22.7 Å². The van der Waals surface area contributed by atoms with Gasteiger partial charge in [0, 0.05) is 5.39 Å². The van der Waals surface area contributed by atoms with Crippen molar-refractivity contribution in [1.82, 2.24) is 4.73 Å². The lowest BCUT2D eigenvalue weighted by Crippen LogP contribution is -2.12. The largest absolute Gasteiger partial charge is 0.413 e. The Morgan fingerprint density at radius 3 is 2.87 bits per heavy atom. The van der Waals surface area contributed by atoms with E-state index in [1.807, 2.05) is 10.8 Å². The number of hydrogen-bond acceptors (Lipinski definition) is 2. The third-order valence-electron chi connectivity index (χ3n) is 2.27. The number of thioether (sulfide) groups is 1. The number of fused-ring (bicyclic) bond motifs is 1. The van der Waals surface area contributed by atoms with Crippen LogP contribution in [0.3, 0.4) is 0 Å². The maximum atomic E-state index is 5.73. The van der Waals surface area contributed by atoms with E-state index in [9.17, 15) is 0 Å². The zero-order valence-corrected chi connectivity index (χ0v) is 9.88. The van der Waals surface area contributed by atoms with Gasteiger partial charge in [0.1, 0.15) is 11.6 Å². The lowest BCUT2D eigenvalue weighted by atomic mass is 10.3. The number of aromatic nitrogens is 1. The molecule has 80 valence electrons. The molecular formula is C12H15NOS. The first-order valence-corrected chi connectivity index (χ1v) is 6.37. The second kappa shape index (κ2) is 4.62. The monoisotopic (exact) mass is 221 g/mol. The summed E-state index contributed by atoms with van der Waals surface area (Å²) in [6, 6.07) is 10.5. The van der Waals surface area contributed by atoms with Gasteiger partial charge < -0.3 is 4.84 Å². The maximum absolute atomic E-state index is 5.73. The molecule has 2 rings (SSSR count). The Bertz CT molecular complexity index is 450. The van der Waals surface area contributed by atoms with E-state index in [2.05, 4.69) is 37.4 Å². The predicted molar refractivity (Wildman–Crippen MR) is 65.5 cm³/mol. The second-order valence-electron chi connectivity index (χ2n) is 3.37. The summed E-state index contributed by atoms with van der Waals surface area (Å²) in [7, 11) is 0. The summed E-state index contributed by atoms with van der Waals surface area (Å²) in [6.07, 6.45) is 3.10. The molecule has 15 heavy (non-hydrogen) atoms. The van der Waals surface area contributed by atoms with Crippen LogP contribution in [-0.2, 0) is 0 Å². The fraction of sp³-hybridized carbons (Fsp3) is 0.333. The highest BCUT2D eigenvalue weighted by Gasteiger charge is 2.07. The smallest absolute Gasteiger partial charge is 0.114 e. The minimum absolute atomic E-state index is 0.756. The molecule has 0 bridgehead atoms. The van der Waals surface area contributed by atoms with Crippen LogP contribution in [0.25, 0.3) is 10.9 Å². The van der Waals surface area contributed by atoms with E-state index in [1.54, 1.807) is 11.8 Å². The van der Waals surface area contributed by atoms with Gasteiger partial charge in [-0.3, -0.25) is 0 Å². The van der Waals surface area contributed by atoms with Gasteiger partial charge in [0.15, 0.2) is 0 Å². The summed E-state index contributed by atoms with van der Waals surface area (Å²) in [5, 5.41) is 2.39. The molecule has 2 aromatic rings. The molecule has 1 heterocycles. The molecule has 0 atom stereocenters. The second-order valence-corrected chi connectivity index (χ2v) is 4.20. The van der Waals surface area contributed by atoms with Crippen LogP contribution in [0.15, 0.2) is 35.4 Å². The van der Waals surface area contributed by atoms with Crippen LogP contribution in [0.1, 0.15) is 13.3 Å². The van der Waals surface area contributed by atoms with Crippen LogP contribution in [0.4, 0.5) is 0 Å². The Morgan fingerprint density at radius 1 is 1.33 bits per heavy atom. The van der Waals surface area contributed by atoms with Gasteiger partial charge in [-0.15, -0.1) is 11.8 Å². The molecule has 0 saturated carbocycles. The first-order valence-electron chi connectivity index (χ1n) is 5.14. The van der Waals surface area contributed by atoms with Crippen LogP contribution in [0.2, 0.25) is 0 Å². The molecule has 0 saturated heterocycles. The fourth-order valence-corrected chi connectivity index (χ4v) is 2.12. The van der Waals surface area contributed by atoms with Crippen LogP contribution in [-0.4, -0.2) is 17.6 Å². The Hall–Kier alpha value is -1.09. The molecule has 0 amide bonds. The third kappa shape index (κ3) is 1.97. The molecule has 0 aliphatic rings. The van der Waals surface area contributed by atoms with Crippen LogP contribution >= 0.6 is 11.8 Å². The molecule has 0 aliphatic heterocycles. The first kappa shape index (κ1) is 10.4. The number of para-hydroxylation sites is 1. The van der Waals surface area contributed by atoms with E-state index in [1.165, 1.54) is 5.39 Å². The number of nitrogens with zero attached hydrogens (tertiary/aromatic N) is 1. The van der Waals surface area contributed by atoms with Gasteiger partial charge in [0.2, 0.25) is 0 Å². The Balaban J connectivity index is 2.47. The Kier molecular flexibility index (Phi) is 3.21. The van der Waals surface area contributed by atoms with E-state index in [-0.39, 0.29) is 0 Å². The molecule has 0 spiro atoms. The lowest BCUT2D eigenvalue weighted by molar-refractivity contribution is 0.104. The third-order valence-corrected chi connectivity index (χ3v) is 2.97. The topological polar surface area (TPSA) is 14.2 Å². The molecular weight excluding hydrogens is 206 g/mol. The molecule has 0 radical (unpaired) electrons. The van der Waals surface area contributed by atoms with Gasteiger partial charge in [0.25, 0.3) is 0 Å². The normalized spacial score (nSPS) is 10.8. The lowest BCUT2D eigenvalue weighted by Gasteiger charge is -2.09. The summed E-state index contributed by atoms with van der Waals surface area (Å²) >= 11 is 1.71. The highest BCUT2D eigenvalue weighted by Crippen LogP contribution is 2.24. The van der Waals surface area contributed by atoms with E-state index >= 15 is 0 Å². The zero-order chi connectivity index (χ0) is 10.7. The zero-order valence-electron chi connectivity index (χ0n) is 9.06. The SMILES string of the molecule is CCCOn1c(SC)cc2ccccc21. The summed E-state index contributed by atoms with van der Waals surface area (Å²) in [5.74, 6) is 0. The highest BCUT2D eigenvalue weighted by atomic mass is 32.2. The molecule has 1 aromatic heterocycles. The van der Waals surface area contributed by atoms with E-state index in [0.717, 1.165) is 23.6 Å². The van der Waals surface area contributed by atoms with Crippen molar-refractivity contribution in [2.75, 3.05) is 12.9 Å². The van der Waals surface area contributed by atoms with Gasteiger partial charge in [-0.25, -0.2) is 0 Å². The number of rotatable bonds is 4. The number of benzene rings is 1. The fourth-order valence-electron chi connectivity index (χ4n) is 1.56. The standard InChI is InChI=1S/C12H15NOS/c1-3-8-14-13-11-7-5-4-6-10(11)9-12(13)15-2/h4-7,9H,3,8H2,1-2H3. The highest BCUT2D eigenvalue weighted by molar-refractivity contribution is 7.98. The van der Waals surface area contributed by atoms with Gasteiger partial charge in [-0.05, 0) is 24.8 Å². The molecule has 3 heteroatoms. The summed E-state index contributed by atoms with van der Waals surface area (Å²) in [4.78, 5) is 5.73. The van der Waals surface area contributed by atoms with Crippen molar-refractivity contribution < 1.29 is 4.84 Å². The van der Waals surface area contributed by atoms with Crippen molar-refractivity contribution in [2.45, 2.75) is 18.4 Å². The molecule has 0 fully saturated rings. The Morgan fingerprint density at radius 2 is 2.13 bits per heavy atom. The summed E-state index contributed by atoms with van der Waals surface area (Å²) < 4.78 is 1.93. The van der Waals surface area contributed by atoms with Crippen molar-refractivity contribution in [3.8, 4) is 0 Å². The Labute approximate surface area is 94.2 Å². The minimum Gasteiger partial charge on any atom is -0.413 e. The molecule has 0 unspecified atom stereocenters. The summed E-state index contributed by atoms with van der Waals surface area (Å²) in [5.41, 5.74) is 1.15. The molecule has 1 aromatic carbocycles. The first-order chi connectivity index (χ1) is 7.36. The van der Waals surface area contributed by atoms with Crippen molar-refractivity contribution in [3.05, 3.63) is 30.3 Å². The number of hydrogen-bond donors (Lipinski definition) is 0. The van der Waals surface area contributed by atoms with Crippen LogP contribution < -0.4 is 4.84 Å². The van der Waals surface area contributed by atoms with E-state index in [0.29, 0.717) is 0 Å². The predicted octanol–water partition coefficient (Wildman–Crippen LogP) is 3.20. The summed E-state index contributed by atoms with van der Waals surface area (Å²) in [6.45, 7) is 2.87. The van der Waals surface area contributed by atoms with Gasteiger partial charge in [-0.2, -0.15) is 4.73 Å². The average molecular weight is 221 g/mol. The van der Waals surface area contributed by atoms with Crippen LogP contribution in [0.5, 0.6) is 0 Å². The maximum Gasteiger partial charge on any atom is 0.114 e. The van der Waals surface area contributed by atoms with Crippen molar-refractivity contribution in [2.24, 2.45) is 0 Å². The van der Waals surface area contributed by atoms with Gasteiger partial charge >= 0.3 is 0 Å². The molecule has 0 aliphatic carbocycles.